The summed E-state index contributed by atoms with van der Waals surface area (Å²) in [5, 5.41) is 5.96. The predicted octanol–water partition coefficient (Wildman–Crippen LogP) is 3.23. The van der Waals surface area contributed by atoms with E-state index >= 15 is 0 Å². The summed E-state index contributed by atoms with van der Waals surface area (Å²) in [4.78, 5) is 3.99. The summed E-state index contributed by atoms with van der Waals surface area (Å²) in [6, 6.07) is 2.86. The van der Waals surface area contributed by atoms with Gasteiger partial charge in [-0.25, -0.2) is 4.39 Å². The number of aliphatic imine (C=N–C) groups is 1. The highest BCUT2D eigenvalue weighted by Gasteiger charge is 2.33. The Morgan fingerprint density at radius 3 is 2.55 bits per heavy atom. The first-order valence-electron chi connectivity index (χ1n) is 6.88. The van der Waals surface area contributed by atoms with Crippen molar-refractivity contribution >= 4 is 5.96 Å². The van der Waals surface area contributed by atoms with Crippen LogP contribution in [0.15, 0.2) is 35.3 Å². The molecule has 1 aliphatic carbocycles. The van der Waals surface area contributed by atoms with Gasteiger partial charge in [-0.1, -0.05) is 18.2 Å². The van der Waals surface area contributed by atoms with Gasteiger partial charge in [-0.3, -0.25) is 4.99 Å². The van der Waals surface area contributed by atoms with E-state index in [4.69, 9.17) is 0 Å². The number of nitrogens with one attached hydrogen (secondary N) is 2. The smallest absolute Gasteiger partial charge is 0.353 e. The SMILES string of the molecule is CN=C(NCc1ccc(F)cc1C(F)(F)F)NC1CC=CC1. The van der Waals surface area contributed by atoms with E-state index in [0.717, 1.165) is 25.0 Å². The second kappa shape index (κ2) is 6.81. The Bertz CT molecular complexity index is 571. The third-order valence-electron chi connectivity index (χ3n) is 3.40. The fraction of sp³-hybridized carbons (Fsp3) is 0.400. The van der Waals surface area contributed by atoms with Crippen LogP contribution in [0.3, 0.4) is 0 Å². The van der Waals surface area contributed by atoms with E-state index in [1.165, 1.54) is 0 Å². The van der Waals surface area contributed by atoms with Crippen molar-refractivity contribution in [2.24, 2.45) is 4.99 Å². The largest absolute Gasteiger partial charge is 0.416 e. The van der Waals surface area contributed by atoms with Crippen LogP contribution in [0.4, 0.5) is 17.6 Å². The van der Waals surface area contributed by atoms with E-state index in [9.17, 15) is 17.6 Å². The molecular formula is C15H17F4N3. The van der Waals surface area contributed by atoms with E-state index in [0.29, 0.717) is 12.0 Å². The molecule has 2 rings (SSSR count). The van der Waals surface area contributed by atoms with E-state index in [1.54, 1.807) is 7.05 Å². The zero-order chi connectivity index (χ0) is 16.2. The van der Waals surface area contributed by atoms with Crippen molar-refractivity contribution in [1.82, 2.24) is 10.6 Å². The first-order valence-corrected chi connectivity index (χ1v) is 6.88. The summed E-state index contributed by atoms with van der Waals surface area (Å²) in [5.41, 5.74) is -1.00. The van der Waals surface area contributed by atoms with Crippen LogP contribution in [0.5, 0.6) is 0 Å². The first-order chi connectivity index (χ1) is 10.4. The lowest BCUT2D eigenvalue weighted by molar-refractivity contribution is -0.138. The van der Waals surface area contributed by atoms with Crippen LogP contribution in [0.2, 0.25) is 0 Å². The molecule has 0 saturated heterocycles. The number of halogens is 4. The molecule has 0 aromatic heterocycles. The molecule has 22 heavy (non-hydrogen) atoms. The number of alkyl halides is 3. The molecule has 120 valence electrons. The number of hydrogen-bond acceptors (Lipinski definition) is 1. The standard InChI is InChI=1S/C15H17F4N3/c1-20-14(22-12-4-2-3-5-12)21-9-10-6-7-11(16)8-13(10)15(17,18)19/h2-3,6-8,12H,4-5,9H2,1H3,(H2,20,21,22). The van der Waals surface area contributed by atoms with Gasteiger partial charge in [-0.2, -0.15) is 13.2 Å². The van der Waals surface area contributed by atoms with Gasteiger partial charge in [-0.05, 0) is 30.5 Å². The molecule has 3 nitrogen and oxygen atoms in total. The minimum Gasteiger partial charge on any atom is -0.353 e. The molecule has 1 aromatic carbocycles. The van der Waals surface area contributed by atoms with Gasteiger partial charge in [0.25, 0.3) is 0 Å². The topological polar surface area (TPSA) is 36.4 Å². The lowest BCUT2D eigenvalue weighted by atomic mass is 10.1. The Balaban J connectivity index is 2.04. The molecule has 1 aliphatic rings. The fourth-order valence-corrected chi connectivity index (χ4v) is 2.27. The third-order valence-corrected chi connectivity index (χ3v) is 3.40. The molecule has 0 fully saturated rings. The van der Waals surface area contributed by atoms with Gasteiger partial charge in [0.1, 0.15) is 5.82 Å². The number of benzene rings is 1. The van der Waals surface area contributed by atoms with Gasteiger partial charge in [0, 0.05) is 19.6 Å². The summed E-state index contributed by atoms with van der Waals surface area (Å²) in [5.74, 6) is -0.484. The molecule has 0 amide bonds. The Labute approximate surface area is 126 Å². The van der Waals surface area contributed by atoms with Crippen molar-refractivity contribution in [1.29, 1.82) is 0 Å². The lowest BCUT2D eigenvalue weighted by Crippen LogP contribution is -2.42. The zero-order valence-corrected chi connectivity index (χ0v) is 12.0. The highest BCUT2D eigenvalue weighted by molar-refractivity contribution is 5.80. The molecule has 0 aliphatic heterocycles. The summed E-state index contributed by atoms with van der Waals surface area (Å²) >= 11 is 0. The molecule has 7 heteroatoms. The van der Waals surface area contributed by atoms with Crippen LogP contribution in [0, 0.1) is 5.82 Å². The maximum atomic E-state index is 13.0. The average Bonchev–Trinajstić information content (AvgIpc) is 2.96. The highest BCUT2D eigenvalue weighted by atomic mass is 19.4. The quantitative estimate of drug-likeness (QED) is 0.389. The van der Waals surface area contributed by atoms with Crippen molar-refractivity contribution in [3.05, 3.63) is 47.3 Å². The van der Waals surface area contributed by atoms with Gasteiger partial charge >= 0.3 is 6.18 Å². The van der Waals surface area contributed by atoms with Crippen LogP contribution >= 0.6 is 0 Å². The molecule has 2 N–H and O–H groups in total. The lowest BCUT2D eigenvalue weighted by Gasteiger charge is -2.18. The number of hydrogen-bond donors (Lipinski definition) is 2. The van der Waals surface area contributed by atoms with E-state index in [-0.39, 0.29) is 18.2 Å². The van der Waals surface area contributed by atoms with Crippen molar-refractivity contribution < 1.29 is 17.6 Å². The Hall–Kier alpha value is -2.05. The molecule has 0 bridgehead atoms. The second-order valence-electron chi connectivity index (χ2n) is 5.01. The Kier molecular flexibility index (Phi) is 5.05. The highest BCUT2D eigenvalue weighted by Crippen LogP contribution is 2.32. The molecule has 0 unspecified atom stereocenters. The third kappa shape index (κ3) is 4.22. The van der Waals surface area contributed by atoms with Crippen LogP contribution in [-0.4, -0.2) is 19.0 Å². The molecule has 0 saturated carbocycles. The maximum Gasteiger partial charge on any atom is 0.416 e. The Morgan fingerprint density at radius 2 is 1.95 bits per heavy atom. The normalized spacial score (nSPS) is 16.1. The molecular weight excluding hydrogens is 298 g/mol. The minimum absolute atomic E-state index is 0.0265. The number of rotatable bonds is 3. The monoisotopic (exact) mass is 315 g/mol. The fourth-order valence-electron chi connectivity index (χ4n) is 2.27. The van der Waals surface area contributed by atoms with E-state index in [1.807, 2.05) is 12.2 Å². The molecule has 0 atom stereocenters. The summed E-state index contributed by atoms with van der Waals surface area (Å²) < 4.78 is 51.8. The summed E-state index contributed by atoms with van der Waals surface area (Å²) in [6.07, 6.45) is 1.18. The summed E-state index contributed by atoms with van der Waals surface area (Å²) in [6.45, 7) is -0.0883. The van der Waals surface area contributed by atoms with Crippen LogP contribution < -0.4 is 10.6 Å². The van der Waals surface area contributed by atoms with E-state index in [2.05, 4.69) is 15.6 Å². The Morgan fingerprint density at radius 1 is 1.27 bits per heavy atom. The molecule has 1 aromatic rings. The van der Waals surface area contributed by atoms with Crippen molar-refractivity contribution in [2.75, 3.05) is 7.05 Å². The van der Waals surface area contributed by atoms with Gasteiger partial charge < -0.3 is 10.6 Å². The van der Waals surface area contributed by atoms with Crippen molar-refractivity contribution in [3.8, 4) is 0 Å². The van der Waals surface area contributed by atoms with Gasteiger partial charge in [0.15, 0.2) is 5.96 Å². The predicted molar refractivity (Wildman–Crippen MR) is 76.9 cm³/mol. The molecule has 0 heterocycles. The zero-order valence-electron chi connectivity index (χ0n) is 12.0. The number of nitrogens with zero attached hydrogens (tertiary/aromatic N) is 1. The van der Waals surface area contributed by atoms with Crippen LogP contribution in [0.25, 0.3) is 0 Å². The number of guanidine groups is 1. The van der Waals surface area contributed by atoms with Gasteiger partial charge in [-0.15, -0.1) is 0 Å². The maximum absolute atomic E-state index is 13.0. The van der Waals surface area contributed by atoms with Crippen LogP contribution in [0.1, 0.15) is 24.0 Å². The van der Waals surface area contributed by atoms with E-state index < -0.39 is 17.6 Å². The second-order valence-corrected chi connectivity index (χ2v) is 5.01. The molecule has 0 radical (unpaired) electrons. The van der Waals surface area contributed by atoms with Gasteiger partial charge in [0.2, 0.25) is 0 Å². The first kappa shape index (κ1) is 16.3. The van der Waals surface area contributed by atoms with Crippen molar-refractivity contribution in [2.45, 2.75) is 31.6 Å². The summed E-state index contributed by atoms with van der Waals surface area (Å²) in [7, 11) is 1.55. The van der Waals surface area contributed by atoms with Gasteiger partial charge in [0.05, 0.1) is 5.56 Å². The average molecular weight is 315 g/mol. The minimum atomic E-state index is -4.59. The molecule has 0 spiro atoms. The van der Waals surface area contributed by atoms with Crippen molar-refractivity contribution in [3.63, 3.8) is 0 Å². The van der Waals surface area contributed by atoms with Crippen LogP contribution in [-0.2, 0) is 12.7 Å².